The lowest BCUT2D eigenvalue weighted by Crippen LogP contribution is -2.39. The molecule has 10 heteroatoms. The number of benzene rings is 3. The lowest BCUT2D eigenvalue weighted by molar-refractivity contribution is -0.183. The number of rotatable bonds is 6. The molecule has 0 aliphatic carbocycles. The van der Waals surface area contributed by atoms with Gasteiger partial charge in [-0.25, -0.2) is 4.39 Å². The average Bonchev–Trinajstić information content (AvgIpc) is 2.84. The zero-order chi connectivity index (χ0) is 26.8. The van der Waals surface area contributed by atoms with Crippen LogP contribution in [-0.4, -0.2) is 11.2 Å². The molecule has 1 heterocycles. The van der Waals surface area contributed by atoms with E-state index in [1.807, 2.05) is 35.2 Å². The highest BCUT2D eigenvalue weighted by molar-refractivity contribution is 5.35. The van der Waals surface area contributed by atoms with E-state index in [0.717, 1.165) is 5.56 Å². The molecule has 0 fully saturated rings. The molecule has 0 amide bonds. The Labute approximate surface area is 208 Å². The Balaban J connectivity index is 1.67. The second-order valence-corrected chi connectivity index (χ2v) is 8.56. The maximum absolute atomic E-state index is 13.6. The van der Waals surface area contributed by atoms with Gasteiger partial charge in [0, 0.05) is 12.7 Å². The summed E-state index contributed by atoms with van der Waals surface area (Å²) >= 11 is 0. The molecular formula is C27H22F7NO2. The van der Waals surface area contributed by atoms with Crippen LogP contribution in [0.1, 0.15) is 46.9 Å². The fraction of sp³-hybridized carbons (Fsp3) is 0.259. The van der Waals surface area contributed by atoms with Crippen LogP contribution < -0.4 is 0 Å². The van der Waals surface area contributed by atoms with Gasteiger partial charge in [-0.05, 0) is 53.9 Å². The summed E-state index contributed by atoms with van der Waals surface area (Å²) in [7, 11) is 0. The smallest absolute Gasteiger partial charge is 0.416 e. The number of alkyl halides is 6. The highest BCUT2D eigenvalue weighted by Crippen LogP contribution is 2.40. The number of hydrogen-bond donors (Lipinski definition) is 0. The summed E-state index contributed by atoms with van der Waals surface area (Å²) in [4.78, 5) is 1.84. The molecule has 3 aromatic carbocycles. The topological polar surface area (TPSA) is 21.7 Å². The van der Waals surface area contributed by atoms with Crippen molar-refractivity contribution in [2.24, 2.45) is 0 Å². The summed E-state index contributed by atoms with van der Waals surface area (Å²) in [5, 5.41) is 0. The zero-order valence-corrected chi connectivity index (χ0v) is 19.4. The molecule has 0 spiro atoms. The predicted octanol–water partition coefficient (Wildman–Crippen LogP) is 8.01. The van der Waals surface area contributed by atoms with Crippen molar-refractivity contribution in [1.29, 1.82) is 0 Å². The molecule has 4 rings (SSSR count). The van der Waals surface area contributed by atoms with Gasteiger partial charge in [0.25, 0.3) is 0 Å². The van der Waals surface area contributed by atoms with Crippen LogP contribution in [0.25, 0.3) is 0 Å². The van der Waals surface area contributed by atoms with Crippen LogP contribution in [0.5, 0.6) is 0 Å². The first kappa shape index (κ1) is 26.5. The van der Waals surface area contributed by atoms with E-state index in [2.05, 4.69) is 0 Å². The molecule has 0 bridgehead atoms. The largest absolute Gasteiger partial charge is 0.468 e. The first-order valence-corrected chi connectivity index (χ1v) is 11.2. The minimum absolute atomic E-state index is 0.0684. The van der Waals surface area contributed by atoms with Gasteiger partial charge in [-0.15, -0.1) is 0 Å². The number of halogens is 7. The quantitative estimate of drug-likeness (QED) is 0.304. The Morgan fingerprint density at radius 3 is 2.03 bits per heavy atom. The normalized spacial score (nSPS) is 19.0. The lowest BCUT2D eigenvalue weighted by Gasteiger charge is -2.40. The van der Waals surface area contributed by atoms with E-state index < -0.39 is 47.7 Å². The van der Waals surface area contributed by atoms with Crippen molar-refractivity contribution in [2.75, 3.05) is 0 Å². The van der Waals surface area contributed by atoms with Gasteiger partial charge >= 0.3 is 12.4 Å². The van der Waals surface area contributed by atoms with Crippen LogP contribution in [0, 0.1) is 5.82 Å². The standard InChI is InChI=1S/C27H22F7NO2/c1-17(20-13-21(26(29,30)31)15-22(14-20)27(32,33)34)37-25-24(19-7-9-23(28)10-8-19)35(11-12-36-25)16-18-5-3-2-4-6-18/h2-15,17,24-25H,16H2,1H3/t17-,24+,25+/m1/s1. The maximum atomic E-state index is 13.6. The van der Waals surface area contributed by atoms with Gasteiger partial charge in [0.1, 0.15) is 18.1 Å². The molecular weight excluding hydrogens is 503 g/mol. The summed E-state index contributed by atoms with van der Waals surface area (Å²) in [5.74, 6) is -0.472. The van der Waals surface area contributed by atoms with Gasteiger partial charge in [0.2, 0.25) is 6.29 Å². The van der Waals surface area contributed by atoms with Crippen LogP contribution >= 0.6 is 0 Å². The van der Waals surface area contributed by atoms with Crippen molar-refractivity contribution in [3.05, 3.63) is 119 Å². The SMILES string of the molecule is C[C@@H](O[C@@H]1OC=CN(Cc2ccccc2)[C@H]1c1ccc(F)cc1)c1cc(C(F)(F)F)cc(C(F)(F)F)c1. The Morgan fingerprint density at radius 1 is 0.865 bits per heavy atom. The molecule has 1 aliphatic rings. The van der Waals surface area contributed by atoms with Crippen LogP contribution in [0.2, 0.25) is 0 Å². The minimum atomic E-state index is -4.98. The van der Waals surface area contributed by atoms with E-state index >= 15 is 0 Å². The van der Waals surface area contributed by atoms with E-state index in [-0.39, 0.29) is 11.6 Å². The highest BCUT2D eigenvalue weighted by Gasteiger charge is 2.39. The molecule has 3 atom stereocenters. The molecule has 1 aliphatic heterocycles. The van der Waals surface area contributed by atoms with Crippen molar-refractivity contribution in [3.63, 3.8) is 0 Å². The third-order valence-corrected chi connectivity index (χ3v) is 5.92. The van der Waals surface area contributed by atoms with Gasteiger partial charge in [-0.3, -0.25) is 0 Å². The van der Waals surface area contributed by atoms with Gasteiger partial charge in [-0.2, -0.15) is 26.3 Å². The monoisotopic (exact) mass is 525 g/mol. The van der Waals surface area contributed by atoms with E-state index in [9.17, 15) is 30.7 Å². The Kier molecular flexibility index (Phi) is 7.49. The Hall–Kier alpha value is -3.53. The summed E-state index contributed by atoms with van der Waals surface area (Å²) < 4.78 is 105. The summed E-state index contributed by atoms with van der Waals surface area (Å²) in [6.45, 7) is 1.74. The molecule has 3 aromatic rings. The molecule has 196 valence electrons. The van der Waals surface area contributed by atoms with Crippen LogP contribution in [0.4, 0.5) is 30.7 Å². The molecule has 0 saturated heterocycles. The molecule has 37 heavy (non-hydrogen) atoms. The average molecular weight is 525 g/mol. The fourth-order valence-corrected chi connectivity index (χ4v) is 4.07. The van der Waals surface area contributed by atoms with E-state index in [1.165, 1.54) is 37.5 Å². The number of hydrogen-bond acceptors (Lipinski definition) is 3. The van der Waals surface area contributed by atoms with Crippen LogP contribution in [0.3, 0.4) is 0 Å². The van der Waals surface area contributed by atoms with Crippen LogP contribution in [0.15, 0.2) is 85.3 Å². The van der Waals surface area contributed by atoms with Crippen LogP contribution in [-0.2, 0) is 28.4 Å². The van der Waals surface area contributed by atoms with Gasteiger partial charge in [0.05, 0.1) is 17.2 Å². The molecule has 0 saturated carbocycles. The third-order valence-electron chi connectivity index (χ3n) is 5.92. The van der Waals surface area contributed by atoms with E-state index in [1.54, 1.807) is 6.20 Å². The summed E-state index contributed by atoms with van der Waals surface area (Å²) in [5.41, 5.74) is -1.66. The Bertz CT molecular complexity index is 1190. The predicted molar refractivity (Wildman–Crippen MR) is 121 cm³/mol. The number of nitrogens with zero attached hydrogens (tertiary/aromatic N) is 1. The Morgan fingerprint density at radius 2 is 1.46 bits per heavy atom. The van der Waals surface area contributed by atoms with Gasteiger partial charge in [-0.1, -0.05) is 42.5 Å². The van der Waals surface area contributed by atoms with Gasteiger partial charge < -0.3 is 14.4 Å². The van der Waals surface area contributed by atoms with Crippen molar-refractivity contribution < 1.29 is 40.2 Å². The van der Waals surface area contributed by atoms with Crippen molar-refractivity contribution in [3.8, 4) is 0 Å². The zero-order valence-electron chi connectivity index (χ0n) is 19.4. The first-order chi connectivity index (χ1) is 17.4. The molecule has 0 unspecified atom stereocenters. The summed E-state index contributed by atoms with van der Waals surface area (Å²) in [6.07, 6.45) is -9.31. The minimum Gasteiger partial charge on any atom is -0.468 e. The third kappa shape index (κ3) is 6.43. The second kappa shape index (κ2) is 10.5. The number of ether oxygens (including phenoxy) is 2. The molecule has 0 N–H and O–H groups in total. The molecule has 0 aromatic heterocycles. The van der Waals surface area contributed by atoms with Crippen molar-refractivity contribution in [1.82, 2.24) is 4.90 Å². The van der Waals surface area contributed by atoms with Crippen molar-refractivity contribution in [2.45, 2.75) is 44.3 Å². The second-order valence-electron chi connectivity index (χ2n) is 8.56. The maximum Gasteiger partial charge on any atom is 0.416 e. The van der Waals surface area contributed by atoms with E-state index in [0.29, 0.717) is 24.2 Å². The lowest BCUT2D eigenvalue weighted by atomic mass is 10.0. The van der Waals surface area contributed by atoms with Crippen molar-refractivity contribution >= 4 is 0 Å². The van der Waals surface area contributed by atoms with Gasteiger partial charge in [0.15, 0.2) is 0 Å². The first-order valence-electron chi connectivity index (χ1n) is 11.2. The highest BCUT2D eigenvalue weighted by atomic mass is 19.4. The van der Waals surface area contributed by atoms with E-state index in [4.69, 9.17) is 9.47 Å². The fourth-order valence-electron chi connectivity index (χ4n) is 4.07. The summed E-state index contributed by atoms with van der Waals surface area (Å²) in [6, 6.07) is 15.5. The molecule has 3 nitrogen and oxygen atoms in total. The molecule has 0 radical (unpaired) electrons.